The van der Waals surface area contributed by atoms with E-state index in [0.29, 0.717) is 13.1 Å². The highest BCUT2D eigenvalue weighted by Gasteiger charge is 2.31. The summed E-state index contributed by atoms with van der Waals surface area (Å²) in [5.74, 6) is -0.00872. The highest BCUT2D eigenvalue weighted by atomic mass is 32.2. The molecule has 0 aromatic heterocycles. The molecule has 2 rings (SSSR count). The Morgan fingerprint density at radius 1 is 1.43 bits per heavy atom. The van der Waals surface area contributed by atoms with Gasteiger partial charge in [0.05, 0.1) is 6.26 Å². The fourth-order valence-electron chi connectivity index (χ4n) is 2.85. The molecular weight excluding hydrogens is 291 g/mol. The van der Waals surface area contributed by atoms with Gasteiger partial charge in [-0.1, -0.05) is 19.1 Å². The van der Waals surface area contributed by atoms with Crippen LogP contribution in [-0.4, -0.2) is 38.1 Å². The molecule has 1 aromatic carbocycles. The molecule has 0 bridgehead atoms. The number of hydrogen-bond donors (Lipinski definition) is 1. The first kappa shape index (κ1) is 16.4. The highest BCUT2D eigenvalue weighted by Crippen LogP contribution is 2.22. The topological polar surface area (TPSA) is 49.4 Å². The smallest absolute Gasteiger partial charge is 0.211 e. The van der Waals surface area contributed by atoms with Gasteiger partial charge < -0.3 is 5.32 Å². The largest absolute Gasteiger partial charge is 0.307 e. The molecule has 1 heterocycles. The van der Waals surface area contributed by atoms with Gasteiger partial charge in [0.25, 0.3) is 0 Å². The van der Waals surface area contributed by atoms with E-state index in [4.69, 9.17) is 0 Å². The van der Waals surface area contributed by atoms with Crippen LogP contribution < -0.4 is 5.32 Å². The Morgan fingerprint density at radius 3 is 2.71 bits per heavy atom. The number of nitrogens with one attached hydrogen (secondary N) is 1. The van der Waals surface area contributed by atoms with Crippen LogP contribution >= 0.6 is 0 Å². The van der Waals surface area contributed by atoms with Crippen LogP contribution in [-0.2, 0) is 10.0 Å². The van der Waals surface area contributed by atoms with Crippen LogP contribution in [0.2, 0.25) is 0 Å². The van der Waals surface area contributed by atoms with Crippen molar-refractivity contribution in [1.82, 2.24) is 9.62 Å². The number of halogens is 1. The molecule has 0 unspecified atom stereocenters. The quantitative estimate of drug-likeness (QED) is 0.926. The van der Waals surface area contributed by atoms with E-state index in [1.54, 1.807) is 6.07 Å². The fourth-order valence-corrected chi connectivity index (χ4v) is 3.79. The molecule has 1 aromatic rings. The van der Waals surface area contributed by atoms with Crippen molar-refractivity contribution in [1.29, 1.82) is 0 Å². The van der Waals surface area contributed by atoms with Crippen molar-refractivity contribution in [3.8, 4) is 0 Å². The van der Waals surface area contributed by atoms with E-state index < -0.39 is 10.0 Å². The lowest BCUT2D eigenvalue weighted by Gasteiger charge is -2.37. The van der Waals surface area contributed by atoms with Crippen molar-refractivity contribution < 1.29 is 12.8 Å². The fraction of sp³-hybridized carbons (Fsp3) is 0.600. The van der Waals surface area contributed by atoms with Crippen molar-refractivity contribution in [2.24, 2.45) is 5.92 Å². The Balaban J connectivity index is 1.98. The van der Waals surface area contributed by atoms with E-state index in [1.165, 1.54) is 22.7 Å². The molecule has 3 atom stereocenters. The van der Waals surface area contributed by atoms with Crippen LogP contribution in [0.4, 0.5) is 4.39 Å². The van der Waals surface area contributed by atoms with E-state index in [9.17, 15) is 12.8 Å². The Labute approximate surface area is 126 Å². The number of nitrogens with zero attached hydrogens (tertiary/aromatic N) is 1. The third-order valence-electron chi connectivity index (χ3n) is 4.15. The predicted molar refractivity (Wildman–Crippen MR) is 81.9 cm³/mol. The van der Waals surface area contributed by atoms with Crippen molar-refractivity contribution in [3.63, 3.8) is 0 Å². The normalized spacial score (nSPS) is 25.7. The van der Waals surface area contributed by atoms with E-state index in [1.807, 2.05) is 19.9 Å². The van der Waals surface area contributed by atoms with Gasteiger partial charge in [-0.05, 0) is 37.0 Å². The molecule has 21 heavy (non-hydrogen) atoms. The van der Waals surface area contributed by atoms with Gasteiger partial charge >= 0.3 is 0 Å². The van der Waals surface area contributed by atoms with Crippen LogP contribution in [0.1, 0.15) is 31.9 Å². The number of rotatable bonds is 4. The summed E-state index contributed by atoms with van der Waals surface area (Å²) in [7, 11) is -3.11. The molecule has 1 aliphatic rings. The maximum absolute atomic E-state index is 13.3. The molecule has 0 amide bonds. The average Bonchev–Trinajstić information content (AvgIpc) is 2.39. The second-order valence-corrected chi connectivity index (χ2v) is 7.92. The third kappa shape index (κ3) is 4.25. The average molecular weight is 314 g/mol. The maximum atomic E-state index is 13.3. The van der Waals surface area contributed by atoms with Crippen molar-refractivity contribution in [2.75, 3.05) is 19.3 Å². The van der Waals surface area contributed by atoms with E-state index in [2.05, 4.69) is 5.32 Å². The van der Waals surface area contributed by atoms with E-state index >= 15 is 0 Å². The molecule has 1 saturated heterocycles. The van der Waals surface area contributed by atoms with Gasteiger partial charge in [-0.15, -0.1) is 0 Å². The first-order valence-corrected chi connectivity index (χ1v) is 9.09. The summed E-state index contributed by atoms with van der Waals surface area (Å²) in [6.07, 6.45) is 2.02. The molecule has 4 nitrogen and oxygen atoms in total. The van der Waals surface area contributed by atoms with Crippen LogP contribution in [0.25, 0.3) is 0 Å². The zero-order chi connectivity index (χ0) is 15.6. The standard InChI is InChI=1S/C15H23FN2O2S/c1-11-10-18(21(3,19)20)8-7-15(11)17-12(2)13-5-4-6-14(16)9-13/h4-6,9,11-12,15,17H,7-8,10H2,1-3H3/t11-,12+,15-/m1/s1. The minimum Gasteiger partial charge on any atom is -0.307 e. The van der Waals surface area contributed by atoms with E-state index in [0.717, 1.165) is 12.0 Å². The number of benzene rings is 1. The third-order valence-corrected chi connectivity index (χ3v) is 5.42. The zero-order valence-electron chi connectivity index (χ0n) is 12.7. The minimum absolute atomic E-state index is 0.0398. The van der Waals surface area contributed by atoms with E-state index in [-0.39, 0.29) is 23.8 Å². The van der Waals surface area contributed by atoms with Crippen molar-refractivity contribution in [2.45, 2.75) is 32.4 Å². The number of piperidine rings is 1. The summed E-state index contributed by atoms with van der Waals surface area (Å²) < 4.78 is 38.0. The summed E-state index contributed by atoms with van der Waals surface area (Å²) in [6.45, 7) is 5.13. The summed E-state index contributed by atoms with van der Waals surface area (Å²) in [5, 5.41) is 3.50. The maximum Gasteiger partial charge on any atom is 0.211 e. The molecule has 118 valence electrons. The van der Waals surface area contributed by atoms with Crippen molar-refractivity contribution in [3.05, 3.63) is 35.6 Å². The van der Waals surface area contributed by atoms with Crippen LogP contribution in [0.3, 0.4) is 0 Å². The minimum atomic E-state index is -3.11. The lowest BCUT2D eigenvalue weighted by atomic mass is 9.93. The summed E-state index contributed by atoms with van der Waals surface area (Å²) in [6, 6.07) is 6.85. The molecule has 6 heteroatoms. The van der Waals surface area contributed by atoms with Crippen LogP contribution in [0.5, 0.6) is 0 Å². The Hall–Kier alpha value is -0.980. The molecule has 0 saturated carbocycles. The highest BCUT2D eigenvalue weighted by molar-refractivity contribution is 7.88. The molecule has 1 fully saturated rings. The van der Waals surface area contributed by atoms with Gasteiger partial charge in [0.2, 0.25) is 10.0 Å². The molecule has 0 radical (unpaired) electrons. The molecule has 1 N–H and O–H groups in total. The number of sulfonamides is 1. The molecule has 0 spiro atoms. The summed E-state index contributed by atoms with van der Waals surface area (Å²) >= 11 is 0. The Morgan fingerprint density at radius 2 is 2.14 bits per heavy atom. The monoisotopic (exact) mass is 314 g/mol. The van der Waals surface area contributed by atoms with Crippen LogP contribution in [0.15, 0.2) is 24.3 Å². The van der Waals surface area contributed by atoms with Gasteiger partial charge in [0, 0.05) is 25.2 Å². The second kappa shape index (κ2) is 6.42. The zero-order valence-corrected chi connectivity index (χ0v) is 13.5. The van der Waals surface area contributed by atoms with Crippen molar-refractivity contribution >= 4 is 10.0 Å². The SMILES string of the molecule is C[C@H](N[C@@H]1CCN(S(C)(=O)=O)C[C@H]1C)c1cccc(F)c1. The second-order valence-electron chi connectivity index (χ2n) is 5.94. The lowest BCUT2D eigenvalue weighted by molar-refractivity contribution is 0.210. The Kier molecular flexibility index (Phi) is 5.01. The number of hydrogen-bond acceptors (Lipinski definition) is 3. The summed E-state index contributed by atoms with van der Waals surface area (Å²) in [5.41, 5.74) is 0.910. The van der Waals surface area contributed by atoms with Crippen LogP contribution in [0, 0.1) is 11.7 Å². The molecule has 0 aliphatic carbocycles. The lowest BCUT2D eigenvalue weighted by Crippen LogP contribution is -2.50. The van der Waals surface area contributed by atoms with Gasteiger partial charge in [0.1, 0.15) is 5.82 Å². The predicted octanol–water partition coefficient (Wildman–Crippen LogP) is 2.15. The van der Waals surface area contributed by atoms with Gasteiger partial charge in [-0.25, -0.2) is 17.1 Å². The van der Waals surface area contributed by atoms with Gasteiger partial charge in [-0.3, -0.25) is 0 Å². The molecule has 1 aliphatic heterocycles. The van der Waals surface area contributed by atoms with Gasteiger partial charge in [0.15, 0.2) is 0 Å². The van der Waals surface area contributed by atoms with Gasteiger partial charge in [-0.2, -0.15) is 0 Å². The Bertz CT molecular complexity index is 591. The summed E-state index contributed by atoms with van der Waals surface area (Å²) in [4.78, 5) is 0. The first-order valence-electron chi connectivity index (χ1n) is 7.24. The first-order chi connectivity index (χ1) is 9.77. The molecular formula is C15H23FN2O2S.